The summed E-state index contributed by atoms with van der Waals surface area (Å²) in [4.78, 5) is 26.6. The summed E-state index contributed by atoms with van der Waals surface area (Å²) in [6, 6.07) is 12.8. The number of hydrogen-bond acceptors (Lipinski definition) is 3. The summed E-state index contributed by atoms with van der Waals surface area (Å²) >= 11 is 3.38. The van der Waals surface area contributed by atoms with Gasteiger partial charge in [0, 0.05) is 15.7 Å². The van der Waals surface area contributed by atoms with Crippen molar-refractivity contribution in [2.75, 3.05) is 4.90 Å². The van der Waals surface area contributed by atoms with Gasteiger partial charge >= 0.3 is 5.97 Å². The summed E-state index contributed by atoms with van der Waals surface area (Å²) in [5.74, 6) is -1.16. The molecule has 0 fully saturated rings. The van der Waals surface area contributed by atoms with Gasteiger partial charge in [-0.15, -0.1) is 0 Å². The first-order valence-corrected chi connectivity index (χ1v) is 8.76. The third-order valence-electron chi connectivity index (χ3n) is 4.13. The van der Waals surface area contributed by atoms with Crippen molar-refractivity contribution in [3.8, 4) is 5.75 Å². The highest BCUT2D eigenvalue weighted by Gasteiger charge is 2.42. The molecule has 1 aliphatic rings. The summed E-state index contributed by atoms with van der Waals surface area (Å²) in [5.41, 5.74) is 0.976. The molecule has 2 aromatic rings. The molecule has 0 saturated heterocycles. The number of fused-ring (bicyclic) bond motifs is 1. The number of ether oxygens (including phenoxy) is 1. The Bertz CT molecular complexity index is 806. The lowest BCUT2D eigenvalue weighted by atomic mass is 10.0. The maximum absolute atomic E-state index is 13.2. The quantitative estimate of drug-likeness (QED) is 0.839. The van der Waals surface area contributed by atoms with E-state index in [-0.39, 0.29) is 11.8 Å². The van der Waals surface area contributed by atoms with Gasteiger partial charge in [0.25, 0.3) is 5.91 Å². The van der Waals surface area contributed by atoms with Crippen LogP contribution in [-0.4, -0.2) is 23.1 Å². The van der Waals surface area contributed by atoms with E-state index in [4.69, 9.17) is 4.74 Å². The van der Waals surface area contributed by atoms with E-state index in [1.165, 1.54) is 4.90 Å². The van der Waals surface area contributed by atoms with Crippen LogP contribution in [0.25, 0.3) is 0 Å². The molecule has 0 spiro atoms. The maximum Gasteiger partial charge on any atom is 0.331 e. The number of rotatable bonds is 3. The monoisotopic (exact) mass is 403 g/mol. The number of carbonyl (C=O) groups excluding carboxylic acids is 1. The van der Waals surface area contributed by atoms with Gasteiger partial charge in [0.2, 0.25) is 0 Å². The second-order valence-electron chi connectivity index (χ2n) is 6.25. The molecular weight excluding hydrogens is 386 g/mol. The van der Waals surface area contributed by atoms with Gasteiger partial charge in [-0.1, -0.05) is 48.0 Å². The summed E-state index contributed by atoms with van der Waals surface area (Å²) in [7, 11) is 0. The molecule has 0 aromatic heterocycles. The Labute approximate surface area is 154 Å². The Kier molecular flexibility index (Phi) is 4.81. The number of halogens is 1. The molecule has 0 radical (unpaired) electrons. The number of carbonyl (C=O) groups is 2. The van der Waals surface area contributed by atoms with Crippen LogP contribution < -0.4 is 9.64 Å². The van der Waals surface area contributed by atoms with Crippen LogP contribution >= 0.6 is 15.9 Å². The van der Waals surface area contributed by atoms with Crippen molar-refractivity contribution in [2.24, 2.45) is 5.92 Å². The van der Waals surface area contributed by atoms with Crippen LogP contribution in [-0.2, 0) is 9.59 Å². The zero-order chi connectivity index (χ0) is 18.1. The van der Waals surface area contributed by atoms with Crippen LogP contribution in [0.3, 0.4) is 0 Å². The SMILES string of the molecule is CC(C)C1Oc2ccc(Br)cc2C(C(=O)O)N(c2ccccc2)C1=O. The molecule has 6 heteroatoms. The zero-order valence-corrected chi connectivity index (χ0v) is 15.4. The van der Waals surface area contributed by atoms with Gasteiger partial charge in [-0.3, -0.25) is 9.69 Å². The minimum atomic E-state index is -1.16. The molecule has 1 aliphatic heterocycles. The second kappa shape index (κ2) is 6.88. The lowest BCUT2D eigenvalue weighted by molar-refractivity contribution is -0.141. The number of nitrogens with zero attached hydrogens (tertiary/aromatic N) is 1. The number of carboxylic acid groups (broad SMARTS) is 1. The zero-order valence-electron chi connectivity index (χ0n) is 13.8. The lowest BCUT2D eigenvalue weighted by Crippen LogP contribution is -2.46. The Balaban J connectivity index is 2.25. The second-order valence-corrected chi connectivity index (χ2v) is 7.16. The molecule has 2 atom stereocenters. The summed E-state index contributed by atoms with van der Waals surface area (Å²) in [6.45, 7) is 3.76. The first-order chi connectivity index (χ1) is 11.9. The predicted molar refractivity (Wildman–Crippen MR) is 97.7 cm³/mol. The number of benzene rings is 2. The van der Waals surface area contributed by atoms with Crippen LogP contribution in [0.1, 0.15) is 25.5 Å². The van der Waals surface area contributed by atoms with Crippen LogP contribution in [0.4, 0.5) is 5.69 Å². The molecule has 130 valence electrons. The molecule has 1 N–H and O–H groups in total. The number of hydrogen-bond donors (Lipinski definition) is 1. The van der Waals surface area contributed by atoms with Crippen LogP contribution in [0, 0.1) is 5.92 Å². The number of para-hydroxylation sites is 1. The number of carboxylic acids is 1. The molecule has 3 rings (SSSR count). The molecule has 5 nitrogen and oxygen atoms in total. The fraction of sp³-hybridized carbons (Fsp3) is 0.263. The summed E-state index contributed by atoms with van der Waals surface area (Å²) < 4.78 is 6.67. The Hall–Kier alpha value is -2.34. The molecular formula is C19H18BrNO4. The summed E-state index contributed by atoms with van der Waals surface area (Å²) in [5, 5.41) is 9.91. The topological polar surface area (TPSA) is 66.8 Å². The van der Waals surface area contributed by atoms with Gasteiger partial charge < -0.3 is 9.84 Å². The van der Waals surface area contributed by atoms with E-state index in [0.29, 0.717) is 17.0 Å². The first-order valence-electron chi connectivity index (χ1n) is 7.97. The molecule has 2 aromatic carbocycles. The maximum atomic E-state index is 13.2. The first kappa shape index (κ1) is 17.5. The van der Waals surface area contributed by atoms with E-state index < -0.39 is 18.1 Å². The standard InChI is InChI=1S/C19H18BrNO4/c1-11(2)17-18(22)21(13-6-4-3-5-7-13)16(19(23)24)14-10-12(20)8-9-15(14)25-17/h3-11,16-17H,1-2H3,(H,23,24). The van der Waals surface area contributed by atoms with E-state index >= 15 is 0 Å². The molecule has 2 unspecified atom stereocenters. The Morgan fingerprint density at radius 3 is 2.48 bits per heavy atom. The van der Waals surface area contributed by atoms with Gasteiger partial charge in [0.15, 0.2) is 12.1 Å². The number of anilines is 1. The third kappa shape index (κ3) is 3.26. The fourth-order valence-corrected chi connectivity index (χ4v) is 3.34. The largest absolute Gasteiger partial charge is 0.480 e. The fourth-order valence-electron chi connectivity index (χ4n) is 2.96. The van der Waals surface area contributed by atoms with E-state index in [0.717, 1.165) is 4.47 Å². The average molecular weight is 404 g/mol. The Morgan fingerprint density at radius 2 is 1.88 bits per heavy atom. The molecule has 25 heavy (non-hydrogen) atoms. The van der Waals surface area contributed by atoms with Crippen molar-refractivity contribution in [3.05, 3.63) is 58.6 Å². The molecule has 0 bridgehead atoms. The van der Waals surface area contributed by atoms with Gasteiger partial charge in [-0.05, 0) is 36.2 Å². The van der Waals surface area contributed by atoms with Crippen molar-refractivity contribution in [1.29, 1.82) is 0 Å². The Morgan fingerprint density at radius 1 is 1.20 bits per heavy atom. The lowest BCUT2D eigenvalue weighted by Gasteiger charge is -2.29. The minimum Gasteiger partial charge on any atom is -0.480 e. The normalized spacial score (nSPS) is 20.0. The number of aliphatic carboxylic acids is 1. The van der Waals surface area contributed by atoms with Gasteiger partial charge in [0.05, 0.1) is 0 Å². The molecule has 0 saturated carbocycles. The smallest absolute Gasteiger partial charge is 0.331 e. The third-order valence-corrected chi connectivity index (χ3v) is 4.63. The van der Waals surface area contributed by atoms with Crippen molar-refractivity contribution in [1.82, 2.24) is 0 Å². The highest BCUT2D eigenvalue weighted by molar-refractivity contribution is 9.10. The minimum absolute atomic E-state index is 0.109. The van der Waals surface area contributed by atoms with Crippen LogP contribution in [0.5, 0.6) is 5.75 Å². The number of amides is 1. The highest BCUT2D eigenvalue weighted by atomic mass is 79.9. The van der Waals surface area contributed by atoms with E-state index in [9.17, 15) is 14.7 Å². The molecule has 0 aliphatic carbocycles. The van der Waals surface area contributed by atoms with E-state index in [1.54, 1.807) is 42.5 Å². The highest BCUT2D eigenvalue weighted by Crippen LogP contribution is 2.39. The van der Waals surface area contributed by atoms with Crippen molar-refractivity contribution >= 4 is 33.5 Å². The predicted octanol–water partition coefficient (Wildman–Crippen LogP) is 4.03. The molecule has 1 amide bonds. The van der Waals surface area contributed by atoms with Crippen molar-refractivity contribution in [2.45, 2.75) is 26.0 Å². The van der Waals surface area contributed by atoms with Crippen molar-refractivity contribution in [3.63, 3.8) is 0 Å². The van der Waals surface area contributed by atoms with Gasteiger partial charge in [-0.2, -0.15) is 0 Å². The van der Waals surface area contributed by atoms with Crippen molar-refractivity contribution < 1.29 is 19.4 Å². The average Bonchev–Trinajstić information content (AvgIpc) is 2.70. The van der Waals surface area contributed by atoms with Gasteiger partial charge in [-0.25, -0.2) is 4.79 Å². The molecule has 1 heterocycles. The van der Waals surface area contributed by atoms with Gasteiger partial charge in [0.1, 0.15) is 5.75 Å². The van der Waals surface area contributed by atoms with E-state index in [1.807, 2.05) is 19.9 Å². The van der Waals surface area contributed by atoms with Crippen LogP contribution in [0.15, 0.2) is 53.0 Å². The van der Waals surface area contributed by atoms with E-state index in [2.05, 4.69) is 15.9 Å². The van der Waals surface area contributed by atoms with Crippen LogP contribution in [0.2, 0.25) is 0 Å². The summed E-state index contributed by atoms with van der Waals surface area (Å²) in [6.07, 6.45) is -0.760.